The minimum atomic E-state index is -3.50. The zero-order chi connectivity index (χ0) is 21.6. The van der Waals surface area contributed by atoms with Crippen LogP contribution in [0.2, 0.25) is 0 Å². The molecule has 1 saturated carbocycles. The first-order chi connectivity index (χ1) is 13.7. The van der Waals surface area contributed by atoms with Crippen molar-refractivity contribution in [3.05, 3.63) is 29.3 Å². The molecule has 0 aliphatic heterocycles. The van der Waals surface area contributed by atoms with Gasteiger partial charge in [-0.05, 0) is 55.6 Å². The molecule has 1 aliphatic rings. The molecule has 0 spiro atoms. The molecule has 1 aliphatic carbocycles. The lowest BCUT2D eigenvalue weighted by molar-refractivity contribution is -0.146. The fraction of sp³-hybridized carbons (Fsp3) is 0.682. The number of hydrogen-bond donors (Lipinski definition) is 1. The highest BCUT2D eigenvalue weighted by atomic mass is 31.2. The molecular formula is C22H36NO5P. The van der Waals surface area contributed by atoms with Crippen molar-refractivity contribution in [2.24, 2.45) is 0 Å². The highest BCUT2D eigenvalue weighted by Crippen LogP contribution is 2.49. The molecule has 0 bridgehead atoms. The molecule has 164 valence electrons. The molecule has 0 amide bonds. The second-order valence-corrected chi connectivity index (χ2v) is 10.1. The molecule has 2 rings (SSSR count). The summed E-state index contributed by atoms with van der Waals surface area (Å²) >= 11 is 0. The Labute approximate surface area is 175 Å². The largest absolute Gasteiger partial charge is 0.461 e. The average Bonchev–Trinajstić information content (AvgIpc) is 3.50. The van der Waals surface area contributed by atoms with Crippen molar-refractivity contribution in [1.29, 1.82) is 0 Å². The first-order valence-electron chi connectivity index (χ1n) is 10.6. The maximum atomic E-state index is 13.7. The third-order valence-corrected chi connectivity index (χ3v) is 7.31. The fourth-order valence-electron chi connectivity index (χ4n) is 3.10. The van der Waals surface area contributed by atoms with Crippen LogP contribution in [0.4, 0.5) is 0 Å². The van der Waals surface area contributed by atoms with Crippen molar-refractivity contribution < 1.29 is 23.4 Å². The molecule has 1 N–H and O–H groups in total. The van der Waals surface area contributed by atoms with E-state index in [9.17, 15) is 9.36 Å². The number of carbonyl (C=O) groups excluding carboxylic acids is 1. The van der Waals surface area contributed by atoms with Gasteiger partial charge in [0.15, 0.2) is 0 Å². The molecule has 0 heterocycles. The van der Waals surface area contributed by atoms with Crippen LogP contribution in [-0.2, 0) is 18.8 Å². The lowest BCUT2D eigenvalue weighted by Gasteiger charge is -2.28. The van der Waals surface area contributed by atoms with Gasteiger partial charge in [0.2, 0.25) is 0 Å². The smallest absolute Gasteiger partial charge is 0.342 e. The van der Waals surface area contributed by atoms with Crippen LogP contribution < -0.4 is 9.61 Å². The van der Waals surface area contributed by atoms with E-state index in [0.717, 1.165) is 36.8 Å². The summed E-state index contributed by atoms with van der Waals surface area (Å²) in [5, 5.41) is 2.88. The number of methoxy groups -OCH3 is 1. The highest BCUT2D eigenvalue weighted by Gasteiger charge is 2.35. The third-order valence-electron chi connectivity index (χ3n) is 5.45. The predicted octanol–water partition coefficient (Wildman–Crippen LogP) is 5.57. The lowest BCUT2D eigenvalue weighted by Crippen LogP contribution is -2.36. The third kappa shape index (κ3) is 6.56. The Morgan fingerprint density at radius 2 is 1.69 bits per heavy atom. The molecular weight excluding hydrogens is 389 g/mol. The van der Waals surface area contributed by atoms with E-state index < -0.39 is 19.5 Å². The van der Waals surface area contributed by atoms with Crippen LogP contribution in [0.5, 0.6) is 5.75 Å². The quantitative estimate of drug-likeness (QED) is 0.348. The van der Waals surface area contributed by atoms with Crippen LogP contribution in [0.15, 0.2) is 18.2 Å². The van der Waals surface area contributed by atoms with E-state index in [1.54, 1.807) is 6.92 Å². The Kier molecular flexibility index (Phi) is 8.74. The molecule has 0 aromatic heterocycles. The topological polar surface area (TPSA) is 73.9 Å². The summed E-state index contributed by atoms with van der Waals surface area (Å²) in [6, 6.07) is 5.33. The number of benzene rings is 1. The first kappa shape index (κ1) is 23.9. The first-order valence-corrected chi connectivity index (χ1v) is 12.4. The Balaban J connectivity index is 2.34. The van der Waals surface area contributed by atoms with Crippen LogP contribution in [-0.4, -0.2) is 31.6 Å². The highest BCUT2D eigenvalue weighted by molar-refractivity contribution is 7.57. The summed E-state index contributed by atoms with van der Waals surface area (Å²) in [4.78, 5) is 12.3. The minimum Gasteiger partial charge on any atom is -0.461 e. The summed E-state index contributed by atoms with van der Waals surface area (Å²) in [5.41, 5.74) is 2.05. The van der Waals surface area contributed by atoms with Gasteiger partial charge in [-0.2, -0.15) is 0 Å². The summed E-state index contributed by atoms with van der Waals surface area (Å²) in [5.74, 6) is 0.737. The predicted molar refractivity (Wildman–Crippen MR) is 116 cm³/mol. The van der Waals surface area contributed by atoms with Gasteiger partial charge < -0.3 is 14.0 Å². The zero-order valence-corrected chi connectivity index (χ0v) is 19.5. The van der Waals surface area contributed by atoms with Crippen molar-refractivity contribution in [2.45, 2.75) is 84.3 Å². The molecule has 29 heavy (non-hydrogen) atoms. The summed E-state index contributed by atoms with van der Waals surface area (Å²) < 4.78 is 30.4. The SMILES string of the molecule is CCC(C)c1cccc(C(C)CC)c1OP(=O)(COC)N[C@@H](C)C(=O)OC1CC1. The normalized spacial score (nSPS) is 19.1. The Bertz CT molecular complexity index is 706. The fourth-order valence-corrected chi connectivity index (χ4v) is 4.82. The monoisotopic (exact) mass is 425 g/mol. The summed E-state index contributed by atoms with van der Waals surface area (Å²) in [6.07, 6.45) is 3.52. The van der Waals surface area contributed by atoms with Gasteiger partial charge >= 0.3 is 13.5 Å². The van der Waals surface area contributed by atoms with E-state index in [0.29, 0.717) is 5.75 Å². The van der Waals surface area contributed by atoms with Gasteiger partial charge in [0.1, 0.15) is 24.2 Å². The average molecular weight is 426 g/mol. The van der Waals surface area contributed by atoms with E-state index in [2.05, 4.69) is 32.8 Å². The van der Waals surface area contributed by atoms with E-state index >= 15 is 0 Å². The van der Waals surface area contributed by atoms with Crippen LogP contribution in [0.1, 0.15) is 83.3 Å². The molecule has 4 atom stereocenters. The number of nitrogens with one attached hydrogen (secondary N) is 1. The van der Waals surface area contributed by atoms with E-state index in [-0.39, 0.29) is 24.3 Å². The molecule has 0 saturated heterocycles. The van der Waals surface area contributed by atoms with Gasteiger partial charge in [-0.3, -0.25) is 9.36 Å². The second-order valence-electron chi connectivity index (χ2n) is 8.05. The van der Waals surface area contributed by atoms with Crippen molar-refractivity contribution in [2.75, 3.05) is 13.5 Å². The Hall–Kier alpha value is -1.36. The maximum Gasteiger partial charge on any atom is 0.342 e. The Morgan fingerprint density at radius 1 is 1.14 bits per heavy atom. The maximum absolute atomic E-state index is 13.7. The molecule has 0 radical (unpaired) electrons. The van der Waals surface area contributed by atoms with Gasteiger partial charge in [-0.1, -0.05) is 45.9 Å². The molecule has 3 unspecified atom stereocenters. The number of carbonyl (C=O) groups is 1. The van der Waals surface area contributed by atoms with E-state index in [4.69, 9.17) is 14.0 Å². The molecule has 7 heteroatoms. The standard InChI is InChI=1S/C22H36NO5P/c1-7-15(3)19-10-9-11-20(16(4)8-2)21(19)28-29(25,14-26-6)23-17(5)22(24)27-18-12-13-18/h9-11,15-18H,7-8,12-14H2,1-6H3,(H,23,25)/t15?,16?,17-,29?/m0/s1. The number of rotatable bonds is 12. The summed E-state index contributed by atoms with van der Waals surface area (Å²) in [6.45, 7) is 10.1. The number of para-hydroxylation sites is 1. The molecule has 6 nitrogen and oxygen atoms in total. The van der Waals surface area contributed by atoms with Gasteiger partial charge in [0, 0.05) is 7.11 Å². The van der Waals surface area contributed by atoms with Gasteiger partial charge in [0.05, 0.1) is 0 Å². The second kappa shape index (κ2) is 10.6. The van der Waals surface area contributed by atoms with E-state index in [1.807, 2.05) is 18.2 Å². The van der Waals surface area contributed by atoms with Crippen LogP contribution in [0.25, 0.3) is 0 Å². The van der Waals surface area contributed by atoms with Gasteiger partial charge in [-0.25, -0.2) is 5.09 Å². The van der Waals surface area contributed by atoms with Gasteiger partial charge in [-0.15, -0.1) is 0 Å². The van der Waals surface area contributed by atoms with Crippen molar-refractivity contribution >= 4 is 13.5 Å². The summed E-state index contributed by atoms with van der Waals surface area (Å²) in [7, 11) is -2.03. The van der Waals surface area contributed by atoms with Crippen molar-refractivity contribution in [1.82, 2.24) is 5.09 Å². The Morgan fingerprint density at radius 3 is 2.14 bits per heavy atom. The molecule has 1 fully saturated rings. The number of esters is 1. The van der Waals surface area contributed by atoms with Crippen LogP contribution in [0, 0.1) is 0 Å². The number of ether oxygens (including phenoxy) is 2. The zero-order valence-electron chi connectivity index (χ0n) is 18.6. The van der Waals surface area contributed by atoms with Gasteiger partial charge in [0.25, 0.3) is 0 Å². The van der Waals surface area contributed by atoms with Crippen molar-refractivity contribution in [3.8, 4) is 5.75 Å². The van der Waals surface area contributed by atoms with Crippen molar-refractivity contribution in [3.63, 3.8) is 0 Å². The van der Waals surface area contributed by atoms with E-state index in [1.165, 1.54) is 7.11 Å². The number of hydrogen-bond acceptors (Lipinski definition) is 5. The van der Waals surface area contributed by atoms with Crippen LogP contribution in [0.3, 0.4) is 0 Å². The van der Waals surface area contributed by atoms with Crippen LogP contribution >= 0.6 is 7.52 Å². The minimum absolute atomic E-state index is 0.00221. The molecule has 1 aromatic carbocycles. The lowest BCUT2D eigenvalue weighted by atomic mass is 9.90. The molecule has 1 aromatic rings.